The van der Waals surface area contributed by atoms with Gasteiger partial charge in [0.05, 0.1) is 5.69 Å². The van der Waals surface area contributed by atoms with Crippen LogP contribution in [0.15, 0.2) is 17.3 Å². The van der Waals surface area contributed by atoms with Gasteiger partial charge in [-0.1, -0.05) is 17.3 Å². The summed E-state index contributed by atoms with van der Waals surface area (Å²) in [5, 5.41) is 6.66. The van der Waals surface area contributed by atoms with Crippen LogP contribution in [-0.2, 0) is 9.63 Å². The maximum atomic E-state index is 11.7. The molecule has 0 bridgehead atoms. The van der Waals surface area contributed by atoms with E-state index >= 15 is 0 Å². The molecule has 0 saturated heterocycles. The molecule has 0 radical (unpaired) electrons. The van der Waals surface area contributed by atoms with E-state index < -0.39 is 0 Å². The van der Waals surface area contributed by atoms with Gasteiger partial charge in [-0.15, -0.1) is 0 Å². The lowest BCUT2D eigenvalue weighted by molar-refractivity contribution is -0.110. The number of rotatable bonds is 2. The van der Waals surface area contributed by atoms with Gasteiger partial charge in [-0.05, 0) is 31.9 Å². The number of fused-ring (bicyclic) bond motifs is 1. The second kappa shape index (κ2) is 3.96. The molecule has 0 spiro atoms. The second-order valence-electron chi connectivity index (χ2n) is 3.74. The Labute approximate surface area is 94.3 Å². The summed E-state index contributed by atoms with van der Waals surface area (Å²) >= 11 is 0. The predicted molar refractivity (Wildman–Crippen MR) is 62.7 cm³/mol. The first-order chi connectivity index (χ1) is 7.65. The number of carbonyl (C=O) groups excluding carboxylic acids is 1. The molecule has 1 amide bonds. The minimum atomic E-state index is -0.197. The van der Waals surface area contributed by atoms with Crippen LogP contribution in [0.4, 0.5) is 5.69 Å². The Kier molecular flexibility index (Phi) is 2.64. The lowest BCUT2D eigenvalue weighted by atomic mass is 10.0. The number of aryl methyl sites for hydroxylation is 1. The van der Waals surface area contributed by atoms with Crippen molar-refractivity contribution in [2.75, 3.05) is 11.9 Å². The van der Waals surface area contributed by atoms with Crippen molar-refractivity contribution in [2.24, 2.45) is 5.16 Å². The summed E-state index contributed by atoms with van der Waals surface area (Å²) in [6, 6.07) is 3.88. The number of carbonyl (C=O) groups is 1. The first-order valence-electron chi connectivity index (χ1n) is 5.27. The molecule has 84 valence electrons. The van der Waals surface area contributed by atoms with Crippen molar-refractivity contribution >= 4 is 17.3 Å². The van der Waals surface area contributed by atoms with E-state index in [1.54, 1.807) is 0 Å². The van der Waals surface area contributed by atoms with E-state index in [0.717, 1.165) is 22.4 Å². The number of amides is 1. The van der Waals surface area contributed by atoms with Crippen molar-refractivity contribution < 1.29 is 9.63 Å². The highest BCUT2D eigenvalue weighted by atomic mass is 16.6. The van der Waals surface area contributed by atoms with Crippen molar-refractivity contribution in [2.45, 2.75) is 20.8 Å². The normalized spacial score (nSPS) is 16.2. The zero-order chi connectivity index (χ0) is 11.7. The van der Waals surface area contributed by atoms with Gasteiger partial charge in [0.15, 0.2) is 5.71 Å². The van der Waals surface area contributed by atoms with Crippen LogP contribution >= 0.6 is 0 Å². The van der Waals surface area contributed by atoms with Crippen molar-refractivity contribution in [3.05, 3.63) is 28.8 Å². The zero-order valence-corrected chi connectivity index (χ0v) is 9.63. The average Bonchev–Trinajstić information content (AvgIpc) is 2.58. The molecule has 0 unspecified atom stereocenters. The smallest absolute Gasteiger partial charge is 0.278 e. The molecule has 2 rings (SSSR count). The minimum absolute atomic E-state index is 0.197. The van der Waals surface area contributed by atoms with E-state index in [2.05, 4.69) is 10.5 Å². The lowest BCUT2D eigenvalue weighted by Gasteiger charge is -2.05. The molecule has 1 aromatic carbocycles. The van der Waals surface area contributed by atoms with Crippen LogP contribution in [0.3, 0.4) is 0 Å². The van der Waals surface area contributed by atoms with E-state index in [4.69, 9.17) is 4.84 Å². The van der Waals surface area contributed by atoms with Gasteiger partial charge in [0.1, 0.15) is 6.61 Å². The molecule has 4 heteroatoms. The Morgan fingerprint density at radius 2 is 2.12 bits per heavy atom. The molecular weight excluding hydrogens is 204 g/mol. The minimum Gasteiger partial charge on any atom is -0.395 e. The summed E-state index contributed by atoms with van der Waals surface area (Å²) in [4.78, 5) is 16.6. The largest absolute Gasteiger partial charge is 0.395 e. The molecule has 1 aliphatic rings. The summed E-state index contributed by atoms with van der Waals surface area (Å²) in [6.07, 6.45) is 0. The van der Waals surface area contributed by atoms with Gasteiger partial charge >= 0.3 is 0 Å². The molecular formula is C12H14N2O2. The van der Waals surface area contributed by atoms with Crippen molar-refractivity contribution in [1.82, 2.24) is 0 Å². The van der Waals surface area contributed by atoms with Gasteiger partial charge in [0, 0.05) is 5.56 Å². The molecule has 0 fully saturated rings. The molecule has 4 nitrogen and oxygen atoms in total. The fourth-order valence-electron chi connectivity index (χ4n) is 1.69. The number of anilines is 1. The van der Waals surface area contributed by atoms with E-state index in [0.29, 0.717) is 12.3 Å². The third-order valence-corrected chi connectivity index (χ3v) is 2.73. The summed E-state index contributed by atoms with van der Waals surface area (Å²) in [7, 11) is 0. The third kappa shape index (κ3) is 1.56. The number of oxime groups is 1. The van der Waals surface area contributed by atoms with Gasteiger partial charge in [-0.2, -0.15) is 0 Å². The molecule has 1 N–H and O–H groups in total. The highest BCUT2D eigenvalue weighted by Crippen LogP contribution is 2.29. The fraction of sp³-hybridized carbons (Fsp3) is 0.333. The van der Waals surface area contributed by atoms with Gasteiger partial charge in [-0.3, -0.25) is 4.79 Å². The summed E-state index contributed by atoms with van der Waals surface area (Å²) in [5.41, 5.74) is 4.26. The van der Waals surface area contributed by atoms with Crippen LogP contribution in [0, 0.1) is 13.8 Å². The zero-order valence-electron chi connectivity index (χ0n) is 9.63. The van der Waals surface area contributed by atoms with Crippen molar-refractivity contribution in [3.8, 4) is 0 Å². The van der Waals surface area contributed by atoms with Crippen LogP contribution < -0.4 is 5.32 Å². The molecule has 1 aliphatic heterocycles. The van der Waals surface area contributed by atoms with Gasteiger partial charge in [0.25, 0.3) is 5.91 Å². The third-order valence-electron chi connectivity index (χ3n) is 2.73. The number of hydrogen-bond acceptors (Lipinski definition) is 3. The van der Waals surface area contributed by atoms with E-state index in [1.165, 1.54) is 0 Å². The number of hydrogen-bond donors (Lipinski definition) is 1. The molecule has 0 aliphatic carbocycles. The molecule has 0 aromatic heterocycles. The van der Waals surface area contributed by atoms with Crippen LogP contribution in [-0.4, -0.2) is 18.2 Å². The molecule has 1 heterocycles. The Hall–Kier alpha value is -1.84. The van der Waals surface area contributed by atoms with E-state index in [-0.39, 0.29) is 5.91 Å². The average molecular weight is 218 g/mol. The molecule has 16 heavy (non-hydrogen) atoms. The summed E-state index contributed by atoms with van der Waals surface area (Å²) < 4.78 is 0. The first-order valence-corrected chi connectivity index (χ1v) is 5.27. The SMILES string of the molecule is CCO/N=C1\C(=O)Nc2c1ccc(C)c2C. The quantitative estimate of drug-likeness (QED) is 0.772. The van der Waals surface area contributed by atoms with Gasteiger partial charge in [-0.25, -0.2) is 0 Å². The summed E-state index contributed by atoms with van der Waals surface area (Å²) in [6.45, 7) is 6.28. The Bertz CT molecular complexity index is 478. The summed E-state index contributed by atoms with van der Waals surface area (Å²) in [5.74, 6) is -0.197. The number of nitrogens with zero attached hydrogens (tertiary/aromatic N) is 1. The van der Waals surface area contributed by atoms with Gasteiger partial charge < -0.3 is 10.2 Å². The standard InChI is InChI=1S/C12H14N2O2/c1-4-16-14-11-9-6-5-7(2)8(3)10(9)13-12(11)15/h5-6H,4H2,1-3H3,(H,13,14,15). The Morgan fingerprint density at radius 1 is 1.38 bits per heavy atom. The number of benzene rings is 1. The van der Waals surface area contributed by atoms with Crippen LogP contribution in [0.1, 0.15) is 23.6 Å². The number of nitrogens with one attached hydrogen (secondary N) is 1. The van der Waals surface area contributed by atoms with E-state index in [9.17, 15) is 4.79 Å². The van der Waals surface area contributed by atoms with E-state index in [1.807, 2.05) is 32.9 Å². The van der Waals surface area contributed by atoms with Crippen LogP contribution in [0.25, 0.3) is 0 Å². The maximum absolute atomic E-state index is 11.7. The maximum Gasteiger partial charge on any atom is 0.278 e. The lowest BCUT2D eigenvalue weighted by Crippen LogP contribution is -2.14. The van der Waals surface area contributed by atoms with Crippen molar-refractivity contribution in [3.63, 3.8) is 0 Å². The predicted octanol–water partition coefficient (Wildman–Crippen LogP) is 2.00. The van der Waals surface area contributed by atoms with Crippen LogP contribution in [0.2, 0.25) is 0 Å². The molecule has 0 atom stereocenters. The second-order valence-corrected chi connectivity index (χ2v) is 3.74. The highest BCUT2D eigenvalue weighted by Gasteiger charge is 2.28. The van der Waals surface area contributed by atoms with Gasteiger partial charge in [0.2, 0.25) is 0 Å². The monoisotopic (exact) mass is 218 g/mol. The molecule has 0 saturated carbocycles. The Balaban J connectivity index is 2.51. The molecule has 1 aromatic rings. The Morgan fingerprint density at radius 3 is 2.81 bits per heavy atom. The van der Waals surface area contributed by atoms with Crippen LogP contribution in [0.5, 0.6) is 0 Å². The topological polar surface area (TPSA) is 50.7 Å². The highest BCUT2D eigenvalue weighted by molar-refractivity contribution is 6.53. The first kappa shape index (κ1) is 10.7. The fourth-order valence-corrected chi connectivity index (χ4v) is 1.69. The van der Waals surface area contributed by atoms with Crippen molar-refractivity contribution in [1.29, 1.82) is 0 Å².